The van der Waals surface area contributed by atoms with Crippen molar-refractivity contribution in [3.05, 3.63) is 87.3 Å². The van der Waals surface area contributed by atoms with Gasteiger partial charge in [-0.2, -0.15) is 18.3 Å². The number of nitrogens with zero attached hydrogens (tertiary/aromatic N) is 4. The largest absolute Gasteiger partial charge is 0.418 e. The summed E-state index contributed by atoms with van der Waals surface area (Å²) in [4.78, 5) is 29.5. The van der Waals surface area contributed by atoms with Crippen molar-refractivity contribution in [2.45, 2.75) is 32.5 Å². The molecular weight excluding hydrogens is 445 g/mol. The Balaban J connectivity index is 1.68. The van der Waals surface area contributed by atoms with E-state index in [0.717, 1.165) is 54.0 Å². The zero-order chi connectivity index (χ0) is 24.5. The minimum atomic E-state index is -4.62. The molecule has 1 saturated heterocycles. The lowest BCUT2D eigenvalue weighted by Gasteiger charge is -2.24. The van der Waals surface area contributed by atoms with Crippen molar-refractivity contribution in [2.75, 3.05) is 25.0 Å². The molecule has 0 spiro atoms. The van der Waals surface area contributed by atoms with Gasteiger partial charge in [-0.3, -0.25) is 9.59 Å². The number of para-hydroxylation sites is 2. The molecule has 1 amide bonds. The number of amides is 1. The van der Waals surface area contributed by atoms with E-state index in [4.69, 9.17) is 0 Å². The van der Waals surface area contributed by atoms with Gasteiger partial charge in [-0.1, -0.05) is 30.3 Å². The van der Waals surface area contributed by atoms with Gasteiger partial charge in [0.2, 0.25) is 5.43 Å². The van der Waals surface area contributed by atoms with E-state index in [1.54, 1.807) is 7.05 Å². The molecule has 1 fully saturated rings. The molecule has 1 aliphatic rings. The van der Waals surface area contributed by atoms with Gasteiger partial charge < -0.3 is 9.80 Å². The molecule has 2 aromatic carbocycles. The number of hydrogen-bond acceptors (Lipinski definition) is 4. The molecule has 0 saturated carbocycles. The van der Waals surface area contributed by atoms with Gasteiger partial charge in [-0.05, 0) is 43.5 Å². The van der Waals surface area contributed by atoms with Crippen LogP contribution in [0.5, 0.6) is 0 Å². The van der Waals surface area contributed by atoms with Crippen molar-refractivity contribution in [1.82, 2.24) is 14.7 Å². The summed E-state index contributed by atoms with van der Waals surface area (Å²) >= 11 is 0. The smallest absolute Gasteiger partial charge is 0.371 e. The van der Waals surface area contributed by atoms with E-state index >= 15 is 0 Å². The maximum Gasteiger partial charge on any atom is 0.418 e. The number of carbonyl (C=O) groups is 1. The first-order valence-electron chi connectivity index (χ1n) is 11.0. The molecule has 0 radical (unpaired) electrons. The lowest BCUT2D eigenvalue weighted by atomic mass is 10.1. The first-order chi connectivity index (χ1) is 16.2. The van der Waals surface area contributed by atoms with Crippen LogP contribution in [0.15, 0.2) is 59.4 Å². The summed E-state index contributed by atoms with van der Waals surface area (Å²) in [7, 11) is 1.55. The molecular formula is C25H25F3N4O2. The zero-order valence-corrected chi connectivity index (χ0v) is 19.0. The van der Waals surface area contributed by atoms with E-state index in [0.29, 0.717) is 0 Å². The number of anilines is 1. The number of halogens is 3. The van der Waals surface area contributed by atoms with Crippen LogP contribution in [0, 0.1) is 6.92 Å². The third-order valence-corrected chi connectivity index (χ3v) is 5.94. The van der Waals surface area contributed by atoms with E-state index in [1.165, 1.54) is 30.0 Å². The minimum Gasteiger partial charge on any atom is -0.371 e. The molecule has 34 heavy (non-hydrogen) atoms. The fraction of sp³-hybridized carbons (Fsp3) is 0.320. The molecule has 1 aliphatic heterocycles. The number of rotatable bonds is 5. The van der Waals surface area contributed by atoms with Crippen LogP contribution in [0.1, 0.15) is 40.2 Å². The van der Waals surface area contributed by atoms with E-state index in [1.807, 2.05) is 24.3 Å². The van der Waals surface area contributed by atoms with Gasteiger partial charge in [-0.25, -0.2) is 4.68 Å². The van der Waals surface area contributed by atoms with Gasteiger partial charge in [0.15, 0.2) is 5.69 Å². The summed E-state index contributed by atoms with van der Waals surface area (Å²) < 4.78 is 41.7. The van der Waals surface area contributed by atoms with Crippen LogP contribution in [0.3, 0.4) is 0 Å². The fourth-order valence-corrected chi connectivity index (χ4v) is 4.26. The second-order valence-corrected chi connectivity index (χ2v) is 8.41. The monoisotopic (exact) mass is 470 g/mol. The van der Waals surface area contributed by atoms with Gasteiger partial charge in [0.25, 0.3) is 5.91 Å². The molecule has 1 aromatic heterocycles. The summed E-state index contributed by atoms with van der Waals surface area (Å²) in [6.45, 7) is 3.60. The van der Waals surface area contributed by atoms with Crippen LogP contribution in [0.2, 0.25) is 0 Å². The lowest BCUT2D eigenvalue weighted by Crippen LogP contribution is -2.34. The average Bonchev–Trinajstić information content (AvgIpc) is 3.33. The zero-order valence-electron chi connectivity index (χ0n) is 19.0. The fourth-order valence-electron chi connectivity index (χ4n) is 4.26. The summed E-state index contributed by atoms with van der Waals surface area (Å²) in [5.41, 5.74) is -0.0563. The van der Waals surface area contributed by atoms with Crippen molar-refractivity contribution in [3.63, 3.8) is 0 Å². The molecule has 0 N–H and O–H groups in total. The van der Waals surface area contributed by atoms with Crippen molar-refractivity contribution in [1.29, 1.82) is 0 Å². The second-order valence-electron chi connectivity index (χ2n) is 8.41. The number of carbonyl (C=O) groups excluding carboxylic acids is 1. The SMILES string of the molecule is Cc1cc(=O)c(C(=O)N(C)Cc2ccccc2N2CCCC2)nn1-c1ccccc1C(F)(F)F. The first kappa shape index (κ1) is 23.5. The molecule has 0 atom stereocenters. The Hall–Kier alpha value is -3.62. The Labute approximate surface area is 195 Å². The summed E-state index contributed by atoms with van der Waals surface area (Å²) in [5, 5.41) is 4.08. The van der Waals surface area contributed by atoms with Crippen molar-refractivity contribution in [3.8, 4) is 5.69 Å². The van der Waals surface area contributed by atoms with Gasteiger partial charge in [0.05, 0.1) is 11.3 Å². The normalized spacial score (nSPS) is 13.9. The molecule has 6 nitrogen and oxygen atoms in total. The van der Waals surface area contributed by atoms with Crippen molar-refractivity contribution < 1.29 is 18.0 Å². The number of benzene rings is 2. The molecule has 3 aromatic rings. The van der Waals surface area contributed by atoms with E-state index in [9.17, 15) is 22.8 Å². The molecule has 0 bridgehead atoms. The third kappa shape index (κ3) is 4.69. The Morgan fingerprint density at radius 2 is 1.65 bits per heavy atom. The lowest BCUT2D eigenvalue weighted by molar-refractivity contribution is -0.137. The molecule has 178 valence electrons. The summed E-state index contributed by atoms with van der Waals surface area (Å²) in [6.07, 6.45) is -2.40. The van der Waals surface area contributed by atoms with Crippen LogP contribution in [0.4, 0.5) is 18.9 Å². The summed E-state index contributed by atoms with van der Waals surface area (Å²) in [5.74, 6) is -0.653. The molecule has 0 aliphatic carbocycles. The Morgan fingerprint density at radius 1 is 1.03 bits per heavy atom. The highest BCUT2D eigenvalue weighted by Crippen LogP contribution is 2.33. The van der Waals surface area contributed by atoms with E-state index in [-0.39, 0.29) is 17.9 Å². The van der Waals surface area contributed by atoms with E-state index < -0.39 is 28.8 Å². The highest BCUT2D eigenvalue weighted by Gasteiger charge is 2.34. The highest BCUT2D eigenvalue weighted by atomic mass is 19.4. The maximum atomic E-state index is 13.6. The number of hydrogen-bond donors (Lipinski definition) is 0. The molecule has 2 heterocycles. The van der Waals surface area contributed by atoms with Crippen molar-refractivity contribution in [2.24, 2.45) is 0 Å². The van der Waals surface area contributed by atoms with Crippen LogP contribution in [0.25, 0.3) is 5.69 Å². The Morgan fingerprint density at radius 3 is 2.32 bits per heavy atom. The second kappa shape index (κ2) is 9.32. The summed E-state index contributed by atoms with van der Waals surface area (Å²) in [6, 6.07) is 13.8. The van der Waals surface area contributed by atoms with Crippen LogP contribution in [-0.2, 0) is 12.7 Å². The minimum absolute atomic E-state index is 0.195. The predicted octanol–water partition coefficient (Wildman–Crippen LogP) is 4.43. The third-order valence-electron chi connectivity index (χ3n) is 5.94. The Kier molecular flexibility index (Phi) is 6.45. The first-order valence-corrected chi connectivity index (χ1v) is 11.0. The standard InChI is InChI=1S/C25H25F3N4O2/c1-17-15-22(33)23(29-32(17)21-12-6-4-10-19(21)25(26,27)28)24(34)30(2)16-18-9-3-5-11-20(18)31-13-7-8-14-31/h3-6,9-12,15H,7-8,13-14,16H2,1-2H3. The number of aryl methyl sites for hydroxylation is 1. The molecule has 9 heteroatoms. The van der Waals surface area contributed by atoms with Crippen LogP contribution < -0.4 is 10.3 Å². The van der Waals surface area contributed by atoms with Gasteiger partial charge in [0, 0.05) is 44.1 Å². The molecule has 0 unspecified atom stereocenters. The predicted molar refractivity (Wildman–Crippen MR) is 123 cm³/mol. The topological polar surface area (TPSA) is 58.4 Å². The van der Waals surface area contributed by atoms with Crippen LogP contribution in [-0.4, -0.2) is 40.7 Å². The maximum absolute atomic E-state index is 13.6. The number of alkyl halides is 3. The van der Waals surface area contributed by atoms with E-state index in [2.05, 4.69) is 10.00 Å². The van der Waals surface area contributed by atoms with Gasteiger partial charge in [0.1, 0.15) is 0 Å². The average molecular weight is 470 g/mol. The quantitative estimate of drug-likeness (QED) is 0.554. The highest BCUT2D eigenvalue weighted by molar-refractivity contribution is 5.92. The molecule has 4 rings (SSSR count). The van der Waals surface area contributed by atoms with Crippen LogP contribution >= 0.6 is 0 Å². The number of aromatic nitrogens is 2. The van der Waals surface area contributed by atoms with Crippen molar-refractivity contribution >= 4 is 11.6 Å². The van der Waals surface area contributed by atoms with Gasteiger partial charge in [-0.15, -0.1) is 0 Å². The van der Waals surface area contributed by atoms with Gasteiger partial charge >= 0.3 is 6.18 Å². The Bertz CT molecular complexity index is 1260.